The van der Waals surface area contributed by atoms with Crippen LogP contribution in [0.3, 0.4) is 0 Å². The van der Waals surface area contributed by atoms with Gasteiger partial charge in [0.15, 0.2) is 0 Å². The third-order valence-electron chi connectivity index (χ3n) is 3.87. The average molecular weight is 395 g/mol. The van der Waals surface area contributed by atoms with Gasteiger partial charge in [0.2, 0.25) is 15.9 Å². The van der Waals surface area contributed by atoms with Crippen molar-refractivity contribution >= 4 is 33.2 Å². The normalized spacial score (nSPS) is 12.4. The highest BCUT2D eigenvalue weighted by molar-refractivity contribution is 7.92. The number of sulfonamides is 1. The lowest BCUT2D eigenvalue weighted by Crippen LogP contribution is -2.35. The second-order valence-corrected chi connectivity index (χ2v) is 8.52. The van der Waals surface area contributed by atoms with Crippen LogP contribution in [0.4, 0.5) is 5.69 Å². The maximum Gasteiger partial charge on any atom is 0.233 e. The lowest BCUT2D eigenvalue weighted by atomic mass is 10.1. The highest BCUT2D eigenvalue weighted by atomic mass is 35.5. The number of hydrogen-bond acceptors (Lipinski definition) is 3. The molecule has 0 saturated heterocycles. The van der Waals surface area contributed by atoms with Crippen LogP contribution in [0.15, 0.2) is 48.5 Å². The quantitative estimate of drug-likeness (QED) is 0.720. The predicted octanol–water partition coefficient (Wildman–Crippen LogP) is 3.39. The zero-order valence-electron chi connectivity index (χ0n) is 14.8. The summed E-state index contributed by atoms with van der Waals surface area (Å²) in [5.41, 5.74) is 2.59. The van der Waals surface area contributed by atoms with Crippen LogP contribution in [0.1, 0.15) is 18.1 Å². The number of halogens is 1. The van der Waals surface area contributed by atoms with Crippen molar-refractivity contribution in [2.45, 2.75) is 20.3 Å². The summed E-state index contributed by atoms with van der Waals surface area (Å²) in [5, 5.41) is 3.44. The molecule has 0 aliphatic heterocycles. The molecule has 1 amide bonds. The zero-order valence-corrected chi connectivity index (χ0v) is 16.4. The molecule has 0 spiro atoms. The van der Waals surface area contributed by atoms with Gasteiger partial charge in [0, 0.05) is 17.3 Å². The molecule has 0 heterocycles. The molecule has 140 valence electrons. The highest BCUT2D eigenvalue weighted by Gasteiger charge is 2.21. The molecule has 2 rings (SSSR count). The fraction of sp³-hybridized carbons (Fsp3) is 0.316. The molecule has 0 bridgehead atoms. The summed E-state index contributed by atoms with van der Waals surface area (Å²) in [4.78, 5) is 12.1. The molecule has 1 atom stereocenters. The van der Waals surface area contributed by atoms with Crippen molar-refractivity contribution in [1.82, 2.24) is 5.32 Å². The van der Waals surface area contributed by atoms with E-state index in [9.17, 15) is 13.2 Å². The molecule has 5 nitrogen and oxygen atoms in total. The van der Waals surface area contributed by atoms with Gasteiger partial charge in [-0.05, 0) is 43.2 Å². The largest absolute Gasteiger partial charge is 0.356 e. The Morgan fingerprint density at radius 2 is 1.69 bits per heavy atom. The molecule has 0 saturated carbocycles. The van der Waals surface area contributed by atoms with E-state index in [0.717, 1.165) is 11.1 Å². The van der Waals surface area contributed by atoms with Gasteiger partial charge in [0.25, 0.3) is 0 Å². The Labute approximate surface area is 159 Å². The van der Waals surface area contributed by atoms with E-state index in [-0.39, 0.29) is 11.7 Å². The predicted molar refractivity (Wildman–Crippen MR) is 106 cm³/mol. The van der Waals surface area contributed by atoms with E-state index in [0.29, 0.717) is 23.7 Å². The Morgan fingerprint density at radius 1 is 1.08 bits per heavy atom. The number of rotatable bonds is 8. The van der Waals surface area contributed by atoms with Crippen LogP contribution in [0, 0.1) is 12.8 Å². The van der Waals surface area contributed by atoms with Crippen LogP contribution in [0.2, 0.25) is 5.02 Å². The first-order valence-corrected chi connectivity index (χ1v) is 10.4. The van der Waals surface area contributed by atoms with E-state index in [2.05, 4.69) is 10.0 Å². The van der Waals surface area contributed by atoms with Gasteiger partial charge < -0.3 is 5.32 Å². The van der Waals surface area contributed by atoms with E-state index >= 15 is 0 Å². The molecule has 2 aromatic carbocycles. The molecule has 7 heteroatoms. The number of carbonyl (C=O) groups excluding carboxylic acids is 1. The summed E-state index contributed by atoms with van der Waals surface area (Å²) < 4.78 is 26.9. The smallest absolute Gasteiger partial charge is 0.233 e. The van der Waals surface area contributed by atoms with E-state index in [4.69, 9.17) is 11.6 Å². The first-order chi connectivity index (χ1) is 12.2. The number of nitrogens with one attached hydrogen (secondary N) is 2. The molecular formula is C19H23ClN2O3S. The van der Waals surface area contributed by atoms with E-state index in [1.54, 1.807) is 31.2 Å². The topological polar surface area (TPSA) is 75.3 Å². The Kier molecular flexibility index (Phi) is 7.06. The van der Waals surface area contributed by atoms with Crippen molar-refractivity contribution < 1.29 is 13.2 Å². The van der Waals surface area contributed by atoms with Crippen LogP contribution in [-0.2, 0) is 21.2 Å². The summed E-state index contributed by atoms with van der Waals surface area (Å²) in [6, 6.07) is 14.4. The second-order valence-electron chi connectivity index (χ2n) is 6.32. The van der Waals surface area contributed by atoms with Gasteiger partial charge in [-0.3, -0.25) is 9.52 Å². The SMILES string of the molecule is Cc1ccc(NS(=O)(=O)CC(C)C(=O)NCCc2ccc(Cl)cc2)cc1. The number of carbonyl (C=O) groups is 1. The van der Waals surface area contributed by atoms with Gasteiger partial charge in [-0.15, -0.1) is 0 Å². The molecule has 0 aliphatic rings. The average Bonchev–Trinajstić information content (AvgIpc) is 2.58. The minimum atomic E-state index is -3.60. The van der Waals surface area contributed by atoms with Crippen molar-refractivity contribution in [3.63, 3.8) is 0 Å². The van der Waals surface area contributed by atoms with Crippen molar-refractivity contribution in [1.29, 1.82) is 0 Å². The van der Waals surface area contributed by atoms with Crippen molar-refractivity contribution in [2.75, 3.05) is 17.0 Å². The lowest BCUT2D eigenvalue weighted by molar-refractivity contribution is -0.123. The van der Waals surface area contributed by atoms with Gasteiger partial charge in [-0.25, -0.2) is 8.42 Å². The number of hydrogen-bond donors (Lipinski definition) is 2. The van der Waals surface area contributed by atoms with Crippen molar-refractivity contribution in [3.05, 3.63) is 64.7 Å². The maximum absolute atomic E-state index is 12.2. The zero-order chi connectivity index (χ0) is 19.2. The van der Waals surface area contributed by atoms with Gasteiger partial charge in [-0.1, -0.05) is 48.4 Å². The highest BCUT2D eigenvalue weighted by Crippen LogP contribution is 2.13. The Bertz CT molecular complexity index is 834. The number of amides is 1. The third-order valence-corrected chi connectivity index (χ3v) is 5.61. The first kappa shape index (κ1) is 20.3. The molecule has 26 heavy (non-hydrogen) atoms. The molecule has 0 fully saturated rings. The van der Waals surface area contributed by atoms with E-state index < -0.39 is 15.9 Å². The summed E-state index contributed by atoms with van der Waals surface area (Å²) in [7, 11) is -3.60. The third kappa shape index (κ3) is 6.69. The lowest BCUT2D eigenvalue weighted by Gasteiger charge is -2.14. The molecule has 1 unspecified atom stereocenters. The summed E-state index contributed by atoms with van der Waals surface area (Å²) in [6.45, 7) is 3.97. The van der Waals surface area contributed by atoms with E-state index in [1.807, 2.05) is 31.2 Å². The van der Waals surface area contributed by atoms with Crippen LogP contribution in [0.5, 0.6) is 0 Å². The maximum atomic E-state index is 12.2. The Hall–Kier alpha value is -2.05. The van der Waals surface area contributed by atoms with Crippen molar-refractivity contribution in [3.8, 4) is 0 Å². The standard InChI is InChI=1S/C19H23ClN2O3S/c1-14-3-9-18(10-4-14)22-26(24,25)13-15(2)19(23)21-12-11-16-5-7-17(20)8-6-16/h3-10,15,22H,11-13H2,1-2H3,(H,21,23). The molecule has 0 radical (unpaired) electrons. The van der Waals surface area contributed by atoms with Gasteiger partial charge >= 0.3 is 0 Å². The fourth-order valence-electron chi connectivity index (χ4n) is 2.40. The number of anilines is 1. The minimum absolute atomic E-state index is 0.270. The van der Waals surface area contributed by atoms with E-state index in [1.165, 1.54) is 0 Å². The summed E-state index contributed by atoms with van der Waals surface area (Å²) in [6.07, 6.45) is 0.657. The molecular weight excluding hydrogens is 372 g/mol. The number of aryl methyl sites for hydroxylation is 1. The monoisotopic (exact) mass is 394 g/mol. The van der Waals surface area contributed by atoms with Crippen LogP contribution in [0.25, 0.3) is 0 Å². The van der Waals surface area contributed by atoms with Gasteiger partial charge in [-0.2, -0.15) is 0 Å². The van der Waals surface area contributed by atoms with Gasteiger partial charge in [0.1, 0.15) is 0 Å². The van der Waals surface area contributed by atoms with Crippen molar-refractivity contribution in [2.24, 2.45) is 5.92 Å². The van der Waals surface area contributed by atoms with Crippen LogP contribution in [-0.4, -0.2) is 26.6 Å². The molecule has 2 aromatic rings. The number of benzene rings is 2. The second kappa shape index (κ2) is 9.05. The summed E-state index contributed by atoms with van der Waals surface area (Å²) >= 11 is 5.83. The molecule has 0 aromatic heterocycles. The minimum Gasteiger partial charge on any atom is -0.356 e. The Balaban J connectivity index is 1.81. The fourth-order valence-corrected chi connectivity index (χ4v) is 3.92. The molecule has 2 N–H and O–H groups in total. The Morgan fingerprint density at radius 3 is 2.31 bits per heavy atom. The summed E-state index contributed by atoms with van der Waals surface area (Å²) in [5.74, 6) is -1.20. The first-order valence-electron chi connectivity index (χ1n) is 8.34. The van der Waals surface area contributed by atoms with Crippen LogP contribution >= 0.6 is 11.6 Å². The molecule has 0 aliphatic carbocycles. The van der Waals surface area contributed by atoms with Crippen LogP contribution < -0.4 is 10.0 Å². The van der Waals surface area contributed by atoms with Gasteiger partial charge in [0.05, 0.1) is 11.7 Å².